The van der Waals surface area contributed by atoms with E-state index < -0.39 is 5.41 Å². The first-order valence-corrected chi connectivity index (χ1v) is 21.4. The van der Waals surface area contributed by atoms with Crippen LogP contribution in [0.4, 0.5) is 22.7 Å². The second kappa shape index (κ2) is 15.5. The third-order valence-corrected chi connectivity index (χ3v) is 12.0. The van der Waals surface area contributed by atoms with Gasteiger partial charge in [0.15, 0.2) is 0 Å². The largest absolute Gasteiger partial charge is 0.457 e. The molecule has 0 fully saturated rings. The van der Waals surface area contributed by atoms with Crippen molar-refractivity contribution in [1.82, 2.24) is 9.55 Å². The minimum absolute atomic E-state index is 0.0154. The highest BCUT2D eigenvalue weighted by Crippen LogP contribution is 2.51. The molecule has 0 spiro atoms. The molecule has 0 N–H and O–H groups in total. The Morgan fingerprint density at radius 3 is 1.87 bits per heavy atom. The number of rotatable bonds is 8. The summed E-state index contributed by atoms with van der Waals surface area (Å²) in [6.45, 7) is 6.47. The number of fused-ring (bicyclic) bond motifs is 4. The van der Waals surface area contributed by atoms with Gasteiger partial charge in [-0.3, -0.25) is 4.57 Å². The molecule has 0 amide bonds. The Kier molecular flexibility index (Phi) is 8.58. The predicted octanol–water partition coefficient (Wildman–Crippen LogP) is 15.5. The fourth-order valence-electron chi connectivity index (χ4n) is 8.90. The summed E-state index contributed by atoms with van der Waals surface area (Å²) in [4.78, 5) is 9.40. The SMILES string of the molecule is [2H]c1nc(-n2c3ccccc3c3ccc(Oc4cccc(N5CN(c6c(-c7ccccc7)cccc6-c6ccccc6)c6cc(-c7ccccc7)ccc65)c4)cc32)c([2H])c(C(C)(C)C)c1[2H]. The fraction of sp³-hybridized carbons (Fsp3) is 0.0862. The first kappa shape index (κ1) is 34.8. The molecule has 0 aliphatic carbocycles. The molecule has 0 saturated heterocycles. The lowest BCUT2D eigenvalue weighted by molar-refractivity contribution is 0.483. The van der Waals surface area contributed by atoms with E-state index in [2.05, 4.69) is 166 Å². The van der Waals surface area contributed by atoms with Crippen LogP contribution < -0.4 is 14.5 Å². The standard InChI is InChI=1S/C58H46N4O/c1-58(2,3)44-33-34-59-56(36-44)62-52-28-14-13-25-50(52)51-31-30-47(38-54(51)62)63-46-24-15-23-45(37-46)60-39-61(55-35-43(29-32-53(55)60)40-17-7-4-8-18-40)57-48(41-19-9-5-10-20-41)26-16-27-49(57)42-21-11-6-12-22-42/h4-38H,39H2,1-3H3/i33D,34D,36D. The number of ether oxygens (including phenoxy) is 1. The number of benzene rings is 8. The molecule has 0 saturated carbocycles. The van der Waals surface area contributed by atoms with Crippen molar-refractivity contribution in [1.29, 1.82) is 0 Å². The van der Waals surface area contributed by atoms with Crippen LogP contribution in [0.2, 0.25) is 0 Å². The van der Waals surface area contributed by atoms with Crippen molar-refractivity contribution in [2.45, 2.75) is 26.2 Å². The van der Waals surface area contributed by atoms with E-state index in [0.29, 0.717) is 29.5 Å². The van der Waals surface area contributed by atoms with Crippen molar-refractivity contribution in [2.75, 3.05) is 16.5 Å². The molecule has 11 rings (SSSR count). The molecular weight excluding hydrogens is 769 g/mol. The monoisotopic (exact) mass is 817 g/mol. The van der Waals surface area contributed by atoms with Gasteiger partial charge in [-0.05, 0) is 87.8 Å². The van der Waals surface area contributed by atoms with Gasteiger partial charge in [0.05, 0.1) is 32.2 Å². The van der Waals surface area contributed by atoms with E-state index in [4.69, 9.17) is 7.48 Å². The smallest absolute Gasteiger partial charge is 0.137 e. The predicted molar refractivity (Wildman–Crippen MR) is 262 cm³/mol. The number of nitrogens with zero attached hydrogens (tertiary/aromatic N) is 4. The number of hydrogen-bond acceptors (Lipinski definition) is 4. The normalized spacial score (nSPS) is 13.2. The maximum absolute atomic E-state index is 9.37. The Labute approximate surface area is 373 Å². The van der Waals surface area contributed by atoms with Crippen LogP contribution in [0.5, 0.6) is 11.5 Å². The maximum Gasteiger partial charge on any atom is 0.137 e. The van der Waals surface area contributed by atoms with Crippen molar-refractivity contribution in [3.05, 3.63) is 218 Å². The van der Waals surface area contributed by atoms with Gasteiger partial charge in [-0.15, -0.1) is 0 Å². The second-order valence-electron chi connectivity index (χ2n) is 17.1. The zero-order valence-corrected chi connectivity index (χ0v) is 35.4. The van der Waals surface area contributed by atoms with Gasteiger partial charge in [0.2, 0.25) is 0 Å². The molecule has 1 aliphatic heterocycles. The Balaban J connectivity index is 1.02. The molecule has 0 bridgehead atoms. The van der Waals surface area contributed by atoms with Crippen molar-refractivity contribution >= 4 is 44.6 Å². The Morgan fingerprint density at radius 1 is 0.524 bits per heavy atom. The van der Waals surface area contributed by atoms with E-state index in [0.717, 1.165) is 77.9 Å². The molecule has 0 radical (unpaired) electrons. The summed E-state index contributed by atoms with van der Waals surface area (Å²) in [5, 5.41) is 1.97. The average molecular weight is 818 g/mol. The fourth-order valence-corrected chi connectivity index (χ4v) is 8.90. The number of aromatic nitrogens is 2. The molecule has 2 aromatic heterocycles. The molecular formula is C58H46N4O. The van der Waals surface area contributed by atoms with Crippen LogP contribution in [0.25, 0.3) is 61.0 Å². The molecule has 304 valence electrons. The first-order chi connectivity index (χ1) is 32.1. The molecule has 5 heteroatoms. The Morgan fingerprint density at radius 2 is 1.16 bits per heavy atom. The van der Waals surface area contributed by atoms with Gasteiger partial charge in [-0.25, -0.2) is 4.98 Å². The van der Waals surface area contributed by atoms with E-state index in [1.807, 2.05) is 67.8 Å². The van der Waals surface area contributed by atoms with Gasteiger partial charge in [-0.2, -0.15) is 0 Å². The zero-order valence-electron chi connectivity index (χ0n) is 38.4. The third kappa shape index (κ3) is 6.98. The highest BCUT2D eigenvalue weighted by Gasteiger charge is 2.32. The second-order valence-corrected chi connectivity index (χ2v) is 17.1. The lowest BCUT2D eigenvalue weighted by atomic mass is 9.88. The molecule has 5 nitrogen and oxygen atoms in total. The van der Waals surface area contributed by atoms with Gasteiger partial charge in [0.25, 0.3) is 0 Å². The quantitative estimate of drug-likeness (QED) is 0.153. The van der Waals surface area contributed by atoms with E-state index in [-0.39, 0.29) is 18.3 Å². The highest BCUT2D eigenvalue weighted by atomic mass is 16.5. The summed E-state index contributed by atoms with van der Waals surface area (Å²) in [7, 11) is 0. The first-order valence-electron chi connectivity index (χ1n) is 22.9. The van der Waals surface area contributed by atoms with Crippen molar-refractivity contribution in [2.24, 2.45) is 0 Å². The topological polar surface area (TPSA) is 33.5 Å². The molecule has 10 aromatic rings. The third-order valence-electron chi connectivity index (χ3n) is 12.0. The highest BCUT2D eigenvalue weighted by molar-refractivity contribution is 6.09. The van der Waals surface area contributed by atoms with Crippen LogP contribution in [-0.4, -0.2) is 16.2 Å². The summed E-state index contributed by atoms with van der Waals surface area (Å²) in [6, 6.07) is 67.7. The molecule has 3 heterocycles. The van der Waals surface area contributed by atoms with Crippen LogP contribution in [0.1, 0.15) is 30.4 Å². The number of para-hydroxylation sites is 2. The summed E-state index contributed by atoms with van der Waals surface area (Å²) in [5.41, 5.74) is 12.8. The summed E-state index contributed by atoms with van der Waals surface area (Å²) in [6.07, 6.45) is -0.153. The average Bonchev–Trinajstić information content (AvgIpc) is 3.88. The lowest BCUT2D eigenvalue weighted by Crippen LogP contribution is -2.25. The van der Waals surface area contributed by atoms with Gasteiger partial charge in [-0.1, -0.05) is 160 Å². The van der Waals surface area contributed by atoms with Crippen LogP contribution in [-0.2, 0) is 5.41 Å². The summed E-state index contributed by atoms with van der Waals surface area (Å²) < 4.78 is 35.5. The number of hydrogen-bond donors (Lipinski definition) is 0. The van der Waals surface area contributed by atoms with E-state index in [1.54, 1.807) is 0 Å². The van der Waals surface area contributed by atoms with Gasteiger partial charge in [0.1, 0.15) is 24.0 Å². The molecule has 63 heavy (non-hydrogen) atoms. The van der Waals surface area contributed by atoms with E-state index in [9.17, 15) is 1.37 Å². The van der Waals surface area contributed by atoms with Crippen molar-refractivity contribution in [3.8, 4) is 50.7 Å². The Bertz CT molecular complexity index is 3400. The van der Waals surface area contributed by atoms with Gasteiger partial charge in [0, 0.05) is 45.9 Å². The Hall–Kier alpha value is -7.89. The summed E-state index contributed by atoms with van der Waals surface area (Å²) >= 11 is 0. The summed E-state index contributed by atoms with van der Waals surface area (Å²) in [5.74, 6) is 1.62. The minimum Gasteiger partial charge on any atom is -0.457 e. The van der Waals surface area contributed by atoms with E-state index in [1.165, 1.54) is 0 Å². The minimum atomic E-state index is -0.535. The maximum atomic E-state index is 9.37. The molecule has 8 aromatic carbocycles. The van der Waals surface area contributed by atoms with Gasteiger partial charge >= 0.3 is 0 Å². The molecule has 0 atom stereocenters. The van der Waals surface area contributed by atoms with Crippen molar-refractivity contribution in [3.63, 3.8) is 0 Å². The van der Waals surface area contributed by atoms with Gasteiger partial charge < -0.3 is 14.5 Å². The van der Waals surface area contributed by atoms with Crippen LogP contribution in [0, 0.1) is 0 Å². The molecule has 1 aliphatic rings. The van der Waals surface area contributed by atoms with Crippen molar-refractivity contribution < 1.29 is 8.85 Å². The number of anilines is 4. The molecule has 0 unspecified atom stereocenters. The van der Waals surface area contributed by atoms with Crippen LogP contribution >= 0.6 is 0 Å². The number of pyridine rings is 1. The van der Waals surface area contributed by atoms with Crippen LogP contribution in [0.15, 0.2) is 212 Å². The lowest BCUT2D eigenvalue weighted by Gasteiger charge is -2.27. The van der Waals surface area contributed by atoms with Crippen LogP contribution in [0.3, 0.4) is 0 Å². The zero-order chi connectivity index (χ0) is 45.1. The van der Waals surface area contributed by atoms with E-state index >= 15 is 0 Å².